The number of ketones is 1. The van der Waals surface area contributed by atoms with E-state index in [-0.39, 0.29) is 24.5 Å². The van der Waals surface area contributed by atoms with Crippen LogP contribution >= 0.6 is 11.6 Å². The highest BCUT2D eigenvalue weighted by molar-refractivity contribution is 6.46. The second-order valence-electron chi connectivity index (χ2n) is 6.41. The minimum absolute atomic E-state index is 0.0576. The molecule has 2 aromatic rings. The van der Waals surface area contributed by atoms with Crippen LogP contribution in [0.3, 0.4) is 0 Å². The molecule has 0 bridgehead atoms. The molecule has 5 nitrogen and oxygen atoms in total. The number of aryl methyl sites for hydroxylation is 1. The molecule has 1 fully saturated rings. The Morgan fingerprint density at radius 1 is 1.19 bits per heavy atom. The summed E-state index contributed by atoms with van der Waals surface area (Å²) in [6, 6.07) is 13.3. The molecule has 6 heteroatoms. The summed E-state index contributed by atoms with van der Waals surface area (Å²) in [5.74, 6) is -1.57. The van der Waals surface area contributed by atoms with E-state index < -0.39 is 17.7 Å². The van der Waals surface area contributed by atoms with E-state index in [9.17, 15) is 14.7 Å². The van der Waals surface area contributed by atoms with Gasteiger partial charge in [-0.25, -0.2) is 0 Å². The molecule has 0 aliphatic carbocycles. The van der Waals surface area contributed by atoms with Gasteiger partial charge in [0.1, 0.15) is 5.76 Å². The van der Waals surface area contributed by atoms with Crippen molar-refractivity contribution in [3.63, 3.8) is 0 Å². The van der Waals surface area contributed by atoms with Crippen LogP contribution in [-0.2, 0) is 14.3 Å². The lowest BCUT2D eigenvalue weighted by Gasteiger charge is -2.25. The van der Waals surface area contributed by atoms with Crippen molar-refractivity contribution >= 4 is 29.1 Å². The Morgan fingerprint density at radius 2 is 1.89 bits per heavy atom. The highest BCUT2D eigenvalue weighted by atomic mass is 35.5. The molecule has 2 aromatic carbocycles. The van der Waals surface area contributed by atoms with Crippen LogP contribution in [0.15, 0.2) is 54.1 Å². The highest BCUT2D eigenvalue weighted by Gasteiger charge is 2.45. The Balaban J connectivity index is 2.16. The maximum absolute atomic E-state index is 12.7. The van der Waals surface area contributed by atoms with Gasteiger partial charge in [-0.2, -0.15) is 0 Å². The van der Waals surface area contributed by atoms with Crippen molar-refractivity contribution in [1.82, 2.24) is 4.90 Å². The second-order valence-corrected chi connectivity index (χ2v) is 6.84. The number of hydrogen-bond donors (Lipinski definition) is 1. The number of Topliss-reactive ketones (excluding diaryl/α,β-unsaturated/α-hetero) is 1. The van der Waals surface area contributed by atoms with Gasteiger partial charge in [0.25, 0.3) is 11.7 Å². The van der Waals surface area contributed by atoms with Crippen LogP contribution in [0.1, 0.15) is 22.7 Å². The fraction of sp³-hybridized carbons (Fsp3) is 0.238. The summed E-state index contributed by atoms with van der Waals surface area (Å²) < 4.78 is 5.08. The van der Waals surface area contributed by atoms with Crippen molar-refractivity contribution in [2.24, 2.45) is 0 Å². The normalized spacial score (nSPS) is 18.9. The number of carbonyl (C=O) groups is 2. The number of nitrogens with zero attached hydrogens (tertiary/aromatic N) is 1. The molecule has 0 unspecified atom stereocenters. The maximum Gasteiger partial charge on any atom is 0.295 e. The standard InChI is InChI=1S/C21H20ClNO4/c1-13-6-8-14(9-7-13)19(24)17-18(15-4-3-5-16(22)12-15)23(10-11-27-2)21(26)20(17)25/h3-9,12,18,24H,10-11H2,1-2H3/b19-17+/t18-/m1/s1. The Bertz CT molecular complexity index is 905. The average molecular weight is 386 g/mol. The predicted octanol–water partition coefficient (Wildman–Crippen LogP) is 3.72. The molecule has 0 radical (unpaired) electrons. The van der Waals surface area contributed by atoms with Crippen molar-refractivity contribution in [1.29, 1.82) is 0 Å². The zero-order valence-corrected chi connectivity index (χ0v) is 15.9. The molecule has 0 spiro atoms. The van der Waals surface area contributed by atoms with Gasteiger partial charge in [0.05, 0.1) is 18.2 Å². The lowest BCUT2D eigenvalue weighted by molar-refractivity contribution is -0.140. The second kappa shape index (κ2) is 7.94. The number of methoxy groups -OCH3 is 1. The van der Waals surface area contributed by atoms with Crippen LogP contribution in [0.25, 0.3) is 5.76 Å². The van der Waals surface area contributed by atoms with Gasteiger partial charge in [-0.15, -0.1) is 0 Å². The molecular formula is C21H20ClNO4. The summed E-state index contributed by atoms with van der Waals surface area (Å²) in [4.78, 5) is 26.8. The minimum Gasteiger partial charge on any atom is -0.507 e. The van der Waals surface area contributed by atoms with Crippen molar-refractivity contribution in [3.8, 4) is 0 Å². The molecule has 0 aromatic heterocycles. The zero-order chi connectivity index (χ0) is 19.6. The number of likely N-dealkylation sites (tertiary alicyclic amines) is 1. The Morgan fingerprint density at radius 3 is 2.52 bits per heavy atom. The topological polar surface area (TPSA) is 66.8 Å². The zero-order valence-electron chi connectivity index (χ0n) is 15.1. The minimum atomic E-state index is -0.722. The van der Waals surface area contributed by atoms with E-state index in [1.807, 2.05) is 19.1 Å². The molecule has 1 atom stereocenters. The van der Waals surface area contributed by atoms with Crippen LogP contribution in [-0.4, -0.2) is 42.0 Å². The Hall–Kier alpha value is -2.63. The fourth-order valence-electron chi connectivity index (χ4n) is 3.19. The number of rotatable bonds is 5. The number of carbonyl (C=O) groups excluding carboxylic acids is 2. The first-order valence-electron chi connectivity index (χ1n) is 8.54. The highest BCUT2D eigenvalue weighted by Crippen LogP contribution is 2.39. The van der Waals surface area contributed by atoms with Crippen molar-refractivity contribution < 1.29 is 19.4 Å². The molecule has 1 amide bonds. The van der Waals surface area contributed by atoms with E-state index in [0.717, 1.165) is 5.56 Å². The maximum atomic E-state index is 12.7. The third-order valence-electron chi connectivity index (χ3n) is 4.57. The van der Waals surface area contributed by atoms with Crippen LogP contribution in [0.2, 0.25) is 5.02 Å². The van der Waals surface area contributed by atoms with Gasteiger partial charge >= 0.3 is 0 Å². The summed E-state index contributed by atoms with van der Waals surface area (Å²) in [5, 5.41) is 11.3. The molecule has 0 saturated carbocycles. The van der Waals surface area contributed by atoms with E-state index in [0.29, 0.717) is 16.1 Å². The molecule has 1 heterocycles. The summed E-state index contributed by atoms with van der Waals surface area (Å²) in [6.07, 6.45) is 0. The molecule has 1 aliphatic heterocycles. The SMILES string of the molecule is COCCN1C(=O)C(=O)/C(=C(/O)c2ccc(C)cc2)[C@H]1c1cccc(Cl)c1. The Labute approximate surface area is 162 Å². The number of hydrogen-bond acceptors (Lipinski definition) is 4. The molecule has 140 valence electrons. The number of ether oxygens (including phenoxy) is 1. The van der Waals surface area contributed by atoms with E-state index in [1.54, 1.807) is 36.4 Å². The molecule has 1 saturated heterocycles. The van der Waals surface area contributed by atoms with Crippen molar-refractivity contribution in [2.45, 2.75) is 13.0 Å². The molecule has 1 aliphatic rings. The summed E-state index contributed by atoms with van der Waals surface area (Å²) in [7, 11) is 1.53. The van der Waals surface area contributed by atoms with Crippen LogP contribution in [0.5, 0.6) is 0 Å². The van der Waals surface area contributed by atoms with Gasteiger partial charge in [-0.05, 0) is 24.6 Å². The number of aliphatic hydroxyl groups is 1. The van der Waals surface area contributed by atoms with E-state index >= 15 is 0 Å². The molecule has 27 heavy (non-hydrogen) atoms. The molecular weight excluding hydrogens is 366 g/mol. The monoisotopic (exact) mass is 385 g/mol. The fourth-order valence-corrected chi connectivity index (χ4v) is 3.39. The predicted molar refractivity (Wildman–Crippen MR) is 104 cm³/mol. The van der Waals surface area contributed by atoms with Gasteiger partial charge in [0.15, 0.2) is 0 Å². The van der Waals surface area contributed by atoms with Crippen LogP contribution in [0, 0.1) is 6.92 Å². The number of aliphatic hydroxyl groups excluding tert-OH is 1. The smallest absolute Gasteiger partial charge is 0.295 e. The summed E-state index contributed by atoms with van der Waals surface area (Å²) in [6.45, 7) is 2.43. The van der Waals surface area contributed by atoms with Crippen LogP contribution < -0.4 is 0 Å². The third-order valence-corrected chi connectivity index (χ3v) is 4.80. The first-order chi connectivity index (χ1) is 12.9. The summed E-state index contributed by atoms with van der Waals surface area (Å²) in [5.41, 5.74) is 2.23. The van der Waals surface area contributed by atoms with E-state index in [2.05, 4.69) is 0 Å². The van der Waals surface area contributed by atoms with Gasteiger partial charge in [-0.3, -0.25) is 9.59 Å². The van der Waals surface area contributed by atoms with Crippen LogP contribution in [0.4, 0.5) is 0 Å². The first kappa shape index (κ1) is 19.1. The van der Waals surface area contributed by atoms with Gasteiger partial charge in [-0.1, -0.05) is 53.6 Å². The Kier molecular flexibility index (Phi) is 5.63. The molecule has 1 N–H and O–H groups in total. The van der Waals surface area contributed by atoms with Crippen molar-refractivity contribution in [2.75, 3.05) is 20.3 Å². The van der Waals surface area contributed by atoms with E-state index in [1.165, 1.54) is 12.0 Å². The number of benzene rings is 2. The van der Waals surface area contributed by atoms with E-state index in [4.69, 9.17) is 16.3 Å². The van der Waals surface area contributed by atoms with Gasteiger partial charge in [0.2, 0.25) is 0 Å². The van der Waals surface area contributed by atoms with Crippen molar-refractivity contribution in [3.05, 3.63) is 75.8 Å². The molecule has 3 rings (SSSR count). The number of halogens is 1. The lowest BCUT2D eigenvalue weighted by Crippen LogP contribution is -2.32. The number of amides is 1. The van der Waals surface area contributed by atoms with Gasteiger partial charge in [0, 0.05) is 24.2 Å². The third kappa shape index (κ3) is 3.75. The largest absolute Gasteiger partial charge is 0.507 e. The quantitative estimate of drug-likeness (QED) is 0.484. The summed E-state index contributed by atoms with van der Waals surface area (Å²) >= 11 is 6.12. The van der Waals surface area contributed by atoms with Gasteiger partial charge < -0.3 is 14.7 Å². The lowest BCUT2D eigenvalue weighted by atomic mass is 9.95. The average Bonchev–Trinajstić information content (AvgIpc) is 2.91. The first-order valence-corrected chi connectivity index (χ1v) is 8.91.